The number of hydrogen-bond acceptors (Lipinski definition) is 3. The third-order valence-electron chi connectivity index (χ3n) is 5.98. The van der Waals surface area contributed by atoms with E-state index in [0.717, 1.165) is 0 Å². The Hall–Kier alpha value is -0.315. The van der Waals surface area contributed by atoms with Gasteiger partial charge in [-0.15, -0.1) is 0 Å². The maximum absolute atomic E-state index is 6.16. The van der Waals surface area contributed by atoms with Crippen molar-refractivity contribution in [3.63, 3.8) is 0 Å². The lowest BCUT2D eigenvalue weighted by atomic mass is 9.87. The van der Waals surface area contributed by atoms with Crippen LogP contribution < -0.4 is 4.78 Å². The number of hydrogen-bond donors (Lipinski definition) is 0. The van der Waals surface area contributed by atoms with Gasteiger partial charge in [0.1, 0.15) is 0 Å². The Morgan fingerprint density at radius 1 is 0.808 bits per heavy atom. The molecular formula is C22H39BO2S. The Bertz CT molecular complexity index is 508. The quantitative estimate of drug-likeness (QED) is 0.305. The van der Waals surface area contributed by atoms with E-state index >= 15 is 0 Å². The summed E-state index contributed by atoms with van der Waals surface area (Å²) in [6, 6.07) is 2.29. The van der Waals surface area contributed by atoms with Crippen molar-refractivity contribution in [2.45, 2.75) is 116 Å². The van der Waals surface area contributed by atoms with Gasteiger partial charge in [-0.3, -0.25) is 0 Å². The van der Waals surface area contributed by atoms with Gasteiger partial charge in [0.25, 0.3) is 0 Å². The Labute approximate surface area is 166 Å². The van der Waals surface area contributed by atoms with E-state index in [1.165, 1.54) is 81.0 Å². The topological polar surface area (TPSA) is 18.5 Å². The van der Waals surface area contributed by atoms with Gasteiger partial charge >= 0.3 is 7.12 Å². The summed E-state index contributed by atoms with van der Waals surface area (Å²) in [4.78, 5) is 0. The first-order chi connectivity index (χ1) is 12.4. The van der Waals surface area contributed by atoms with Crippen LogP contribution >= 0.6 is 11.3 Å². The molecule has 0 aromatic carbocycles. The van der Waals surface area contributed by atoms with E-state index in [0.29, 0.717) is 0 Å². The molecule has 2 rings (SSSR count). The zero-order valence-electron chi connectivity index (χ0n) is 17.7. The van der Waals surface area contributed by atoms with Crippen LogP contribution in [-0.4, -0.2) is 18.3 Å². The standard InChI is InChI=1S/C22H39BO2S/c1-6-7-8-9-10-11-12-13-14-15-16-19-17-20(26-18-19)23-24-21(2,3)22(4,5)25-23/h17-18H,6-16H2,1-5H3. The molecule has 0 spiro atoms. The molecule has 1 saturated heterocycles. The molecule has 4 heteroatoms. The lowest BCUT2D eigenvalue weighted by Gasteiger charge is -2.32. The number of thiophene rings is 1. The highest BCUT2D eigenvalue weighted by atomic mass is 32.1. The van der Waals surface area contributed by atoms with E-state index in [1.54, 1.807) is 11.3 Å². The first-order valence-corrected chi connectivity index (χ1v) is 11.7. The normalized spacial score (nSPS) is 18.6. The van der Waals surface area contributed by atoms with Crippen molar-refractivity contribution in [2.75, 3.05) is 0 Å². The van der Waals surface area contributed by atoms with E-state index in [-0.39, 0.29) is 18.3 Å². The van der Waals surface area contributed by atoms with Crippen LogP contribution in [-0.2, 0) is 15.7 Å². The second-order valence-electron chi connectivity index (χ2n) is 8.88. The fraction of sp³-hybridized carbons (Fsp3) is 0.818. The molecule has 2 nitrogen and oxygen atoms in total. The summed E-state index contributed by atoms with van der Waals surface area (Å²) >= 11 is 1.78. The maximum atomic E-state index is 6.16. The molecule has 148 valence electrons. The van der Waals surface area contributed by atoms with Crippen LogP contribution in [0.3, 0.4) is 0 Å². The van der Waals surface area contributed by atoms with Gasteiger partial charge in [-0.05, 0) is 57.5 Å². The lowest BCUT2D eigenvalue weighted by Crippen LogP contribution is -2.41. The Morgan fingerprint density at radius 2 is 1.31 bits per heavy atom. The summed E-state index contributed by atoms with van der Waals surface area (Å²) in [5.41, 5.74) is 0.941. The van der Waals surface area contributed by atoms with E-state index in [9.17, 15) is 0 Å². The third kappa shape index (κ3) is 6.39. The molecule has 26 heavy (non-hydrogen) atoms. The van der Waals surface area contributed by atoms with Crippen molar-refractivity contribution >= 4 is 23.2 Å². The van der Waals surface area contributed by atoms with Crippen molar-refractivity contribution in [1.29, 1.82) is 0 Å². The molecule has 0 amide bonds. The van der Waals surface area contributed by atoms with E-state index in [4.69, 9.17) is 9.31 Å². The fourth-order valence-corrected chi connectivity index (χ4v) is 4.33. The van der Waals surface area contributed by atoms with Crippen LogP contribution in [0.15, 0.2) is 11.4 Å². The van der Waals surface area contributed by atoms with E-state index in [2.05, 4.69) is 46.1 Å². The summed E-state index contributed by atoms with van der Waals surface area (Å²) in [6.07, 6.45) is 15.1. The van der Waals surface area contributed by atoms with Gasteiger partial charge in [-0.1, -0.05) is 64.7 Å². The molecule has 2 heterocycles. The lowest BCUT2D eigenvalue weighted by molar-refractivity contribution is 0.00578. The monoisotopic (exact) mass is 378 g/mol. The highest BCUT2D eigenvalue weighted by Gasteiger charge is 2.52. The van der Waals surface area contributed by atoms with Crippen LogP contribution in [0.25, 0.3) is 0 Å². The van der Waals surface area contributed by atoms with Crippen molar-refractivity contribution in [3.8, 4) is 0 Å². The first kappa shape index (κ1) is 22.0. The second kappa shape index (κ2) is 10.3. The Balaban J connectivity index is 1.60. The number of rotatable bonds is 12. The molecule has 0 radical (unpaired) electrons. The van der Waals surface area contributed by atoms with E-state index in [1.807, 2.05) is 0 Å². The fourth-order valence-electron chi connectivity index (χ4n) is 3.42. The minimum Gasteiger partial charge on any atom is -0.399 e. The SMILES string of the molecule is CCCCCCCCCCCCc1csc(B2OC(C)(C)C(C)(C)O2)c1. The number of unbranched alkanes of at least 4 members (excludes halogenated alkanes) is 9. The van der Waals surface area contributed by atoms with Crippen molar-refractivity contribution in [3.05, 3.63) is 17.0 Å². The molecule has 0 N–H and O–H groups in total. The van der Waals surface area contributed by atoms with Crippen LogP contribution in [0, 0.1) is 0 Å². The molecule has 0 saturated carbocycles. The summed E-state index contributed by atoms with van der Waals surface area (Å²) in [7, 11) is -0.202. The molecule has 0 unspecified atom stereocenters. The summed E-state index contributed by atoms with van der Waals surface area (Å²) in [6.45, 7) is 10.7. The molecule has 0 aliphatic carbocycles. The van der Waals surface area contributed by atoms with Gasteiger partial charge in [-0.2, -0.15) is 11.3 Å². The largest absolute Gasteiger partial charge is 0.505 e. The van der Waals surface area contributed by atoms with Gasteiger partial charge < -0.3 is 9.31 Å². The zero-order valence-corrected chi connectivity index (χ0v) is 18.6. The van der Waals surface area contributed by atoms with Crippen molar-refractivity contribution < 1.29 is 9.31 Å². The van der Waals surface area contributed by atoms with Gasteiger partial charge in [0.15, 0.2) is 0 Å². The van der Waals surface area contributed by atoms with Gasteiger partial charge in [-0.25, -0.2) is 0 Å². The smallest absolute Gasteiger partial charge is 0.399 e. The zero-order chi connectivity index (χ0) is 19.0. The number of aryl methyl sites for hydroxylation is 1. The predicted molar refractivity (Wildman–Crippen MR) is 116 cm³/mol. The molecule has 1 aliphatic rings. The van der Waals surface area contributed by atoms with Crippen molar-refractivity contribution in [1.82, 2.24) is 0 Å². The summed E-state index contributed by atoms with van der Waals surface area (Å²) in [5.74, 6) is 0. The first-order valence-electron chi connectivity index (χ1n) is 10.8. The Morgan fingerprint density at radius 3 is 1.85 bits per heavy atom. The van der Waals surface area contributed by atoms with E-state index < -0.39 is 0 Å². The van der Waals surface area contributed by atoms with Gasteiger partial charge in [0.05, 0.1) is 11.2 Å². The third-order valence-corrected chi connectivity index (χ3v) is 6.98. The van der Waals surface area contributed by atoms with Crippen LogP contribution in [0.1, 0.15) is 104 Å². The second-order valence-corrected chi connectivity index (χ2v) is 9.82. The van der Waals surface area contributed by atoms with Crippen molar-refractivity contribution in [2.24, 2.45) is 0 Å². The van der Waals surface area contributed by atoms with Crippen LogP contribution in [0.4, 0.5) is 0 Å². The average molecular weight is 378 g/mol. The average Bonchev–Trinajstić information content (AvgIpc) is 3.12. The van der Waals surface area contributed by atoms with Crippen LogP contribution in [0.5, 0.6) is 0 Å². The molecule has 1 fully saturated rings. The molecule has 1 aliphatic heterocycles. The molecule has 1 aromatic heterocycles. The summed E-state index contributed by atoms with van der Waals surface area (Å²) < 4.78 is 13.5. The van der Waals surface area contributed by atoms with Gasteiger partial charge in [0, 0.05) is 4.78 Å². The molecule has 0 atom stereocenters. The minimum absolute atomic E-state index is 0.202. The molecule has 1 aromatic rings. The highest BCUT2D eigenvalue weighted by molar-refractivity contribution is 7.20. The van der Waals surface area contributed by atoms with Gasteiger partial charge in [0.2, 0.25) is 0 Å². The predicted octanol–water partition coefficient (Wildman–Crippen LogP) is 6.51. The Kier molecular flexibility index (Phi) is 8.70. The highest BCUT2D eigenvalue weighted by Crippen LogP contribution is 2.36. The van der Waals surface area contributed by atoms with Crippen LogP contribution in [0.2, 0.25) is 0 Å². The minimum atomic E-state index is -0.252. The molecule has 0 bridgehead atoms. The molecular weight excluding hydrogens is 339 g/mol. The summed E-state index contributed by atoms with van der Waals surface area (Å²) in [5, 5.41) is 2.29. The maximum Gasteiger partial charge on any atom is 0.505 e.